The van der Waals surface area contributed by atoms with Crippen molar-refractivity contribution in [1.82, 2.24) is 10.5 Å². The molecular weight excluding hydrogens is 266 g/mol. The first-order valence-corrected chi connectivity index (χ1v) is 6.19. The Morgan fingerprint density at radius 2 is 2.26 bits per heavy atom. The monoisotopic (exact) mass is 279 g/mol. The van der Waals surface area contributed by atoms with E-state index in [1.165, 1.54) is 0 Å². The van der Waals surface area contributed by atoms with Crippen molar-refractivity contribution in [3.8, 4) is 0 Å². The summed E-state index contributed by atoms with van der Waals surface area (Å²) in [5.41, 5.74) is 1.50. The number of hydrogen-bond acceptors (Lipinski definition) is 4. The lowest BCUT2D eigenvalue weighted by Gasteiger charge is -2.05. The first-order valence-electron chi connectivity index (χ1n) is 5.82. The zero-order chi connectivity index (χ0) is 13.7. The van der Waals surface area contributed by atoms with E-state index >= 15 is 0 Å². The number of hydrogen-bond donors (Lipinski definition) is 2. The van der Waals surface area contributed by atoms with E-state index in [2.05, 4.69) is 15.8 Å². The van der Waals surface area contributed by atoms with Crippen LogP contribution in [-0.2, 0) is 11.3 Å². The molecule has 0 bridgehead atoms. The summed E-state index contributed by atoms with van der Waals surface area (Å²) in [6.45, 7) is 2.49. The highest BCUT2D eigenvalue weighted by Crippen LogP contribution is 2.14. The molecule has 6 heteroatoms. The maximum absolute atomic E-state index is 11.7. The average molecular weight is 280 g/mol. The van der Waals surface area contributed by atoms with Gasteiger partial charge in [0.15, 0.2) is 5.76 Å². The van der Waals surface area contributed by atoms with Crippen LogP contribution in [0.2, 0.25) is 5.02 Å². The molecule has 0 saturated carbocycles. The zero-order valence-electron chi connectivity index (χ0n) is 10.4. The SMILES string of the molecule is Cc1cc(CNCC(=O)Nc2cccc(Cl)c2)on1. The van der Waals surface area contributed by atoms with Gasteiger partial charge >= 0.3 is 0 Å². The van der Waals surface area contributed by atoms with Gasteiger partial charge in [0.1, 0.15) is 0 Å². The molecule has 0 atom stereocenters. The molecule has 0 aliphatic rings. The van der Waals surface area contributed by atoms with Crippen LogP contribution in [0.5, 0.6) is 0 Å². The van der Waals surface area contributed by atoms with E-state index in [9.17, 15) is 4.79 Å². The number of carbonyl (C=O) groups excluding carboxylic acids is 1. The molecule has 2 N–H and O–H groups in total. The summed E-state index contributed by atoms with van der Waals surface area (Å²) in [6.07, 6.45) is 0. The summed E-state index contributed by atoms with van der Waals surface area (Å²) in [4.78, 5) is 11.7. The number of aromatic nitrogens is 1. The first-order chi connectivity index (χ1) is 9.13. The number of nitrogens with zero attached hydrogens (tertiary/aromatic N) is 1. The minimum absolute atomic E-state index is 0.140. The van der Waals surface area contributed by atoms with Crippen molar-refractivity contribution < 1.29 is 9.32 Å². The average Bonchev–Trinajstić information content (AvgIpc) is 2.75. The molecular formula is C13H14ClN3O2. The van der Waals surface area contributed by atoms with Crippen molar-refractivity contribution in [3.05, 3.63) is 46.8 Å². The molecule has 1 aromatic carbocycles. The highest BCUT2D eigenvalue weighted by Gasteiger charge is 2.04. The summed E-state index contributed by atoms with van der Waals surface area (Å²) < 4.78 is 5.02. The Kier molecular flexibility index (Phi) is 4.54. The van der Waals surface area contributed by atoms with Gasteiger partial charge < -0.3 is 15.2 Å². The van der Waals surface area contributed by atoms with Crippen LogP contribution in [-0.4, -0.2) is 17.6 Å². The Labute approximate surface area is 115 Å². The van der Waals surface area contributed by atoms with Crippen LogP contribution < -0.4 is 10.6 Å². The van der Waals surface area contributed by atoms with E-state index in [1.807, 2.05) is 13.0 Å². The Hall–Kier alpha value is -1.85. The highest BCUT2D eigenvalue weighted by atomic mass is 35.5. The Morgan fingerprint density at radius 3 is 2.95 bits per heavy atom. The van der Waals surface area contributed by atoms with Crippen LogP contribution in [0, 0.1) is 6.92 Å². The molecule has 0 aliphatic heterocycles. The molecule has 2 rings (SSSR count). The molecule has 1 heterocycles. The molecule has 1 aromatic heterocycles. The lowest BCUT2D eigenvalue weighted by molar-refractivity contribution is -0.115. The molecule has 0 spiro atoms. The van der Waals surface area contributed by atoms with E-state index < -0.39 is 0 Å². The maximum atomic E-state index is 11.7. The van der Waals surface area contributed by atoms with Gasteiger partial charge in [0.25, 0.3) is 0 Å². The molecule has 100 valence electrons. The summed E-state index contributed by atoms with van der Waals surface area (Å²) in [5, 5.41) is 10.1. The molecule has 0 saturated heterocycles. The van der Waals surface area contributed by atoms with Gasteiger partial charge in [0.05, 0.1) is 18.8 Å². The van der Waals surface area contributed by atoms with Crippen molar-refractivity contribution in [2.75, 3.05) is 11.9 Å². The van der Waals surface area contributed by atoms with Gasteiger partial charge in [-0.25, -0.2) is 0 Å². The number of carbonyl (C=O) groups is 1. The van der Waals surface area contributed by atoms with Gasteiger partial charge in [0, 0.05) is 16.8 Å². The summed E-state index contributed by atoms with van der Waals surface area (Å²) in [5.74, 6) is 0.562. The van der Waals surface area contributed by atoms with Crippen LogP contribution >= 0.6 is 11.6 Å². The van der Waals surface area contributed by atoms with E-state index in [4.69, 9.17) is 16.1 Å². The first kappa shape index (κ1) is 13.6. The zero-order valence-corrected chi connectivity index (χ0v) is 11.2. The Balaban J connectivity index is 1.76. The summed E-state index contributed by atoms with van der Waals surface area (Å²) in [6, 6.07) is 8.83. The molecule has 19 heavy (non-hydrogen) atoms. The lowest BCUT2D eigenvalue weighted by Crippen LogP contribution is -2.27. The molecule has 1 amide bonds. The fourth-order valence-electron chi connectivity index (χ4n) is 1.57. The van der Waals surface area contributed by atoms with Crippen molar-refractivity contribution in [2.24, 2.45) is 0 Å². The minimum Gasteiger partial charge on any atom is -0.360 e. The van der Waals surface area contributed by atoms with Crippen LogP contribution in [0.4, 0.5) is 5.69 Å². The van der Waals surface area contributed by atoms with E-state index in [0.29, 0.717) is 23.0 Å². The van der Waals surface area contributed by atoms with Crippen molar-refractivity contribution in [1.29, 1.82) is 0 Å². The second-order valence-electron chi connectivity index (χ2n) is 4.10. The molecule has 5 nitrogen and oxygen atoms in total. The summed E-state index contributed by atoms with van der Waals surface area (Å²) >= 11 is 5.83. The number of anilines is 1. The van der Waals surface area contributed by atoms with E-state index in [-0.39, 0.29) is 12.5 Å². The second kappa shape index (κ2) is 6.36. The van der Waals surface area contributed by atoms with Gasteiger partial charge in [-0.05, 0) is 25.1 Å². The molecule has 2 aromatic rings. The predicted octanol–water partition coefficient (Wildman–Crippen LogP) is 2.36. The predicted molar refractivity (Wildman–Crippen MR) is 73.0 cm³/mol. The van der Waals surface area contributed by atoms with Crippen LogP contribution in [0.25, 0.3) is 0 Å². The van der Waals surface area contributed by atoms with Gasteiger partial charge in [-0.2, -0.15) is 0 Å². The molecule has 0 radical (unpaired) electrons. The third-order valence-electron chi connectivity index (χ3n) is 2.37. The number of halogens is 1. The Bertz CT molecular complexity index is 569. The van der Waals surface area contributed by atoms with Gasteiger partial charge in [-0.15, -0.1) is 0 Å². The lowest BCUT2D eigenvalue weighted by atomic mass is 10.3. The third kappa shape index (κ3) is 4.39. The number of benzene rings is 1. The van der Waals surface area contributed by atoms with Gasteiger partial charge in [0.2, 0.25) is 5.91 Å². The van der Waals surface area contributed by atoms with Crippen molar-refractivity contribution >= 4 is 23.2 Å². The van der Waals surface area contributed by atoms with E-state index in [0.717, 1.165) is 5.69 Å². The molecule has 0 aliphatic carbocycles. The Morgan fingerprint density at radius 1 is 1.42 bits per heavy atom. The van der Waals surface area contributed by atoms with Crippen molar-refractivity contribution in [2.45, 2.75) is 13.5 Å². The van der Waals surface area contributed by atoms with Crippen molar-refractivity contribution in [3.63, 3.8) is 0 Å². The smallest absolute Gasteiger partial charge is 0.238 e. The third-order valence-corrected chi connectivity index (χ3v) is 2.61. The minimum atomic E-state index is -0.140. The summed E-state index contributed by atoms with van der Waals surface area (Å²) in [7, 11) is 0. The number of aryl methyl sites for hydroxylation is 1. The molecule has 0 fully saturated rings. The van der Waals surface area contributed by atoms with Gasteiger partial charge in [-0.3, -0.25) is 4.79 Å². The maximum Gasteiger partial charge on any atom is 0.238 e. The standard InChI is InChI=1S/C13H14ClN3O2/c1-9-5-12(19-17-9)7-15-8-13(18)16-11-4-2-3-10(14)6-11/h2-6,15H,7-8H2,1H3,(H,16,18). The topological polar surface area (TPSA) is 67.2 Å². The normalized spacial score (nSPS) is 10.4. The van der Waals surface area contributed by atoms with E-state index in [1.54, 1.807) is 24.3 Å². The number of rotatable bonds is 5. The highest BCUT2D eigenvalue weighted by molar-refractivity contribution is 6.30. The fourth-order valence-corrected chi connectivity index (χ4v) is 1.76. The van der Waals surface area contributed by atoms with Gasteiger partial charge in [-0.1, -0.05) is 22.8 Å². The quantitative estimate of drug-likeness (QED) is 0.882. The van der Waals surface area contributed by atoms with Crippen LogP contribution in [0.1, 0.15) is 11.5 Å². The number of amides is 1. The van der Waals surface area contributed by atoms with Crippen LogP contribution in [0.3, 0.4) is 0 Å². The fraction of sp³-hybridized carbons (Fsp3) is 0.231. The van der Waals surface area contributed by atoms with Crippen LogP contribution in [0.15, 0.2) is 34.9 Å². The molecule has 0 unspecified atom stereocenters. The number of nitrogens with one attached hydrogen (secondary N) is 2. The largest absolute Gasteiger partial charge is 0.360 e. The second-order valence-corrected chi connectivity index (χ2v) is 4.53.